The number of methoxy groups -OCH3 is 1. The number of phenols is 1. The second-order valence-electron chi connectivity index (χ2n) is 10.3. The number of hydrogen-bond acceptors (Lipinski definition) is 9. The standard InChI is InChI=1S/C29H34N2O8/c1-28(2,3)38-25(34)21(17-30-19-13-15-20(32)16-14-19)22(26(35)39-29(4,5)6)23(27(36)37-7)31-24(33)18-11-9-8-10-12-18/h8-17,30,32H,1-7H3,(H,31,33)/b21-17+,23-22+. The summed E-state index contributed by atoms with van der Waals surface area (Å²) >= 11 is 0. The number of rotatable bonds is 8. The van der Waals surface area contributed by atoms with E-state index in [4.69, 9.17) is 14.2 Å². The summed E-state index contributed by atoms with van der Waals surface area (Å²) in [5.41, 5.74) is -3.01. The SMILES string of the molecule is COC(=O)/C(NC(=O)c1ccccc1)=C(C(=O)OC(C)(C)C)/C(=C\Nc1ccc(O)cc1)C(=O)OC(C)(C)C. The van der Waals surface area contributed by atoms with Crippen molar-refractivity contribution in [3.05, 3.63) is 83.2 Å². The minimum Gasteiger partial charge on any atom is -0.508 e. The van der Waals surface area contributed by atoms with Crippen molar-refractivity contribution in [3.8, 4) is 5.75 Å². The van der Waals surface area contributed by atoms with Gasteiger partial charge in [0.1, 0.15) is 28.2 Å². The van der Waals surface area contributed by atoms with E-state index in [0.717, 1.165) is 13.3 Å². The number of carbonyl (C=O) groups excluding carboxylic acids is 4. The molecule has 10 nitrogen and oxygen atoms in total. The van der Waals surface area contributed by atoms with Gasteiger partial charge >= 0.3 is 17.9 Å². The predicted molar refractivity (Wildman–Crippen MR) is 144 cm³/mol. The lowest BCUT2D eigenvalue weighted by atomic mass is 10.0. The summed E-state index contributed by atoms with van der Waals surface area (Å²) < 4.78 is 15.9. The Hall–Kier alpha value is -4.60. The van der Waals surface area contributed by atoms with E-state index in [1.165, 1.54) is 36.4 Å². The minimum atomic E-state index is -1.10. The molecular formula is C29H34N2O8. The molecule has 0 saturated heterocycles. The Kier molecular flexibility index (Phi) is 10.0. The van der Waals surface area contributed by atoms with Crippen LogP contribution in [0.2, 0.25) is 0 Å². The Labute approximate surface area is 227 Å². The van der Waals surface area contributed by atoms with Crippen LogP contribution in [-0.4, -0.2) is 47.2 Å². The summed E-state index contributed by atoms with van der Waals surface area (Å²) in [5.74, 6) is -3.87. The van der Waals surface area contributed by atoms with E-state index in [9.17, 15) is 24.3 Å². The predicted octanol–water partition coefficient (Wildman–Crippen LogP) is 4.23. The summed E-state index contributed by atoms with van der Waals surface area (Å²) in [6.07, 6.45) is 1.15. The maximum Gasteiger partial charge on any atom is 0.355 e. The van der Waals surface area contributed by atoms with Crippen molar-refractivity contribution in [2.24, 2.45) is 0 Å². The fourth-order valence-electron chi connectivity index (χ4n) is 3.05. The Balaban J connectivity index is 2.80. The molecule has 208 valence electrons. The fraction of sp³-hybridized carbons (Fsp3) is 0.310. The highest BCUT2D eigenvalue weighted by Gasteiger charge is 2.35. The average Bonchev–Trinajstić information content (AvgIpc) is 2.84. The van der Waals surface area contributed by atoms with Gasteiger partial charge in [0.05, 0.1) is 12.7 Å². The molecule has 10 heteroatoms. The van der Waals surface area contributed by atoms with Crippen LogP contribution in [0.5, 0.6) is 5.75 Å². The van der Waals surface area contributed by atoms with Crippen molar-refractivity contribution in [2.45, 2.75) is 52.7 Å². The van der Waals surface area contributed by atoms with Crippen LogP contribution in [0.15, 0.2) is 77.6 Å². The zero-order valence-corrected chi connectivity index (χ0v) is 23.1. The van der Waals surface area contributed by atoms with Gasteiger partial charge in [0.15, 0.2) is 0 Å². The van der Waals surface area contributed by atoms with E-state index in [1.807, 2.05) is 0 Å². The van der Waals surface area contributed by atoms with Crippen LogP contribution in [0.4, 0.5) is 5.69 Å². The zero-order valence-electron chi connectivity index (χ0n) is 23.1. The quantitative estimate of drug-likeness (QED) is 0.148. The smallest absolute Gasteiger partial charge is 0.355 e. The molecule has 0 radical (unpaired) electrons. The maximum atomic E-state index is 13.6. The molecule has 2 aromatic carbocycles. The van der Waals surface area contributed by atoms with Gasteiger partial charge in [0.25, 0.3) is 5.91 Å². The number of phenolic OH excluding ortho intramolecular Hbond substituents is 1. The van der Waals surface area contributed by atoms with Crippen molar-refractivity contribution in [1.82, 2.24) is 5.32 Å². The van der Waals surface area contributed by atoms with Gasteiger partial charge in [-0.1, -0.05) is 18.2 Å². The molecule has 39 heavy (non-hydrogen) atoms. The highest BCUT2D eigenvalue weighted by molar-refractivity contribution is 6.14. The molecule has 2 aromatic rings. The third kappa shape index (κ3) is 9.66. The Bertz CT molecular complexity index is 1270. The Morgan fingerprint density at radius 2 is 1.31 bits per heavy atom. The minimum absolute atomic E-state index is 0.0165. The van der Waals surface area contributed by atoms with Crippen molar-refractivity contribution < 1.29 is 38.5 Å². The topological polar surface area (TPSA) is 140 Å². The Morgan fingerprint density at radius 1 is 0.769 bits per heavy atom. The molecule has 0 unspecified atom stereocenters. The first-order valence-corrected chi connectivity index (χ1v) is 12.0. The van der Waals surface area contributed by atoms with Gasteiger partial charge in [-0.3, -0.25) is 4.79 Å². The molecule has 0 aliphatic heterocycles. The van der Waals surface area contributed by atoms with Crippen LogP contribution in [0.3, 0.4) is 0 Å². The average molecular weight is 539 g/mol. The molecule has 0 aliphatic carbocycles. The van der Waals surface area contributed by atoms with E-state index in [1.54, 1.807) is 59.7 Å². The van der Waals surface area contributed by atoms with E-state index < -0.39 is 51.9 Å². The second kappa shape index (κ2) is 12.8. The highest BCUT2D eigenvalue weighted by atomic mass is 16.6. The first kappa shape index (κ1) is 30.6. The highest BCUT2D eigenvalue weighted by Crippen LogP contribution is 2.25. The van der Waals surface area contributed by atoms with E-state index >= 15 is 0 Å². The van der Waals surface area contributed by atoms with Crippen LogP contribution in [0.25, 0.3) is 0 Å². The van der Waals surface area contributed by atoms with E-state index in [-0.39, 0.29) is 11.3 Å². The van der Waals surface area contributed by atoms with Crippen LogP contribution in [0, 0.1) is 0 Å². The van der Waals surface area contributed by atoms with Gasteiger partial charge in [-0.15, -0.1) is 0 Å². The molecule has 0 atom stereocenters. The number of anilines is 1. The van der Waals surface area contributed by atoms with Crippen molar-refractivity contribution in [2.75, 3.05) is 12.4 Å². The Morgan fingerprint density at radius 3 is 1.82 bits per heavy atom. The molecule has 3 N–H and O–H groups in total. The van der Waals surface area contributed by atoms with E-state index in [2.05, 4.69) is 10.6 Å². The van der Waals surface area contributed by atoms with Crippen LogP contribution < -0.4 is 10.6 Å². The summed E-state index contributed by atoms with van der Waals surface area (Å²) in [7, 11) is 1.06. The molecule has 0 aromatic heterocycles. The van der Waals surface area contributed by atoms with E-state index in [0.29, 0.717) is 5.69 Å². The number of esters is 3. The lowest BCUT2D eigenvalue weighted by Crippen LogP contribution is -2.36. The number of carbonyl (C=O) groups is 4. The van der Waals surface area contributed by atoms with Gasteiger partial charge in [-0.25, -0.2) is 14.4 Å². The monoisotopic (exact) mass is 538 g/mol. The lowest BCUT2D eigenvalue weighted by molar-refractivity contribution is -0.154. The molecule has 0 saturated carbocycles. The summed E-state index contributed by atoms with van der Waals surface area (Å²) in [6, 6.07) is 13.8. The molecule has 0 fully saturated rings. The summed E-state index contributed by atoms with van der Waals surface area (Å²) in [4.78, 5) is 53.0. The first-order valence-electron chi connectivity index (χ1n) is 12.0. The summed E-state index contributed by atoms with van der Waals surface area (Å²) in [6.45, 7) is 9.71. The molecule has 0 aliphatic rings. The lowest BCUT2D eigenvalue weighted by Gasteiger charge is -2.25. The number of hydrogen-bond donors (Lipinski definition) is 3. The second-order valence-corrected chi connectivity index (χ2v) is 10.3. The number of ether oxygens (including phenoxy) is 3. The number of aromatic hydroxyl groups is 1. The third-order valence-electron chi connectivity index (χ3n) is 4.66. The van der Waals surface area contributed by atoms with Crippen LogP contribution in [0.1, 0.15) is 51.9 Å². The largest absolute Gasteiger partial charge is 0.508 e. The molecule has 0 bridgehead atoms. The van der Waals surface area contributed by atoms with Crippen molar-refractivity contribution >= 4 is 29.5 Å². The molecule has 0 heterocycles. The summed E-state index contributed by atoms with van der Waals surface area (Å²) in [5, 5.41) is 14.8. The van der Waals surface area contributed by atoms with Gasteiger partial charge < -0.3 is 30.0 Å². The first-order chi connectivity index (χ1) is 18.1. The number of nitrogens with one attached hydrogen (secondary N) is 2. The van der Waals surface area contributed by atoms with Gasteiger partial charge in [-0.05, 0) is 77.9 Å². The molecule has 2 rings (SSSR count). The molecular weight excluding hydrogens is 504 g/mol. The van der Waals surface area contributed by atoms with Crippen molar-refractivity contribution in [1.29, 1.82) is 0 Å². The number of benzene rings is 2. The molecule has 0 spiro atoms. The molecule has 1 amide bonds. The fourth-order valence-corrected chi connectivity index (χ4v) is 3.05. The van der Waals surface area contributed by atoms with Gasteiger partial charge in [0.2, 0.25) is 0 Å². The van der Waals surface area contributed by atoms with Gasteiger partial charge in [0, 0.05) is 17.5 Å². The normalized spacial score (nSPS) is 12.5. The number of amides is 1. The van der Waals surface area contributed by atoms with Crippen molar-refractivity contribution in [3.63, 3.8) is 0 Å². The maximum absolute atomic E-state index is 13.6. The zero-order chi connectivity index (χ0) is 29.4. The van der Waals surface area contributed by atoms with Crippen LogP contribution >= 0.6 is 0 Å². The van der Waals surface area contributed by atoms with Crippen LogP contribution in [-0.2, 0) is 28.6 Å². The third-order valence-corrected chi connectivity index (χ3v) is 4.66. The van der Waals surface area contributed by atoms with Gasteiger partial charge in [-0.2, -0.15) is 0 Å².